The summed E-state index contributed by atoms with van der Waals surface area (Å²) in [6.07, 6.45) is 0. The van der Waals surface area contributed by atoms with Crippen molar-refractivity contribution in [2.45, 2.75) is 0 Å². The average molecular weight is 703 g/mol. The fourth-order valence-electron chi connectivity index (χ4n) is 6.88. The van der Waals surface area contributed by atoms with Crippen molar-refractivity contribution < 1.29 is 22.2 Å². The van der Waals surface area contributed by atoms with Gasteiger partial charge >= 0.3 is 0 Å². The molecule has 0 radical (unpaired) electrons. The molecule has 0 aliphatic carbocycles. The zero-order valence-corrected chi connectivity index (χ0v) is 28.6. The first-order chi connectivity index (χ1) is 32.2. The van der Waals surface area contributed by atoms with Crippen molar-refractivity contribution in [1.29, 1.82) is 0 Å². The van der Waals surface area contributed by atoms with E-state index in [1.807, 2.05) is 127 Å². The zero-order chi connectivity index (χ0) is 47.2. The molecule has 10 aromatic rings. The molecule has 0 fully saturated rings. The summed E-state index contributed by atoms with van der Waals surface area (Å²) in [5, 5.41) is 4.00. The number of nitrogens with zero attached hydrogens (tertiary/aromatic N) is 1. The number of furan rings is 1. The number of benzene rings is 9. The maximum atomic E-state index is 9.57. The van der Waals surface area contributed by atoms with Crippen molar-refractivity contribution in [1.82, 2.24) is 0 Å². The molecule has 0 bridgehead atoms. The SMILES string of the molecule is [2H]c1c([2H])c([2H])c(-c2c([2H])c([2H])c(-c3c([2H])c([2H])c(N(c4ccc(-c5cccc6ccccc56)cc4)c4cccc(-c5ccc6oc7ccccc7c6c5)c4)c([2H])c3[2H])c([2H])c2[2H])c([2H])c1[2H]. The van der Waals surface area contributed by atoms with Gasteiger partial charge < -0.3 is 9.32 Å². The van der Waals surface area contributed by atoms with E-state index in [0.717, 1.165) is 55.0 Å². The van der Waals surface area contributed by atoms with Crippen LogP contribution < -0.4 is 4.90 Å². The molecule has 0 unspecified atom stereocenters. The van der Waals surface area contributed by atoms with Crippen LogP contribution in [-0.2, 0) is 0 Å². The normalized spacial score (nSPS) is 14.7. The summed E-state index contributed by atoms with van der Waals surface area (Å²) in [6.45, 7) is 0. The van der Waals surface area contributed by atoms with Crippen LogP contribution in [0.3, 0.4) is 0 Å². The largest absolute Gasteiger partial charge is 0.456 e. The molecule has 0 spiro atoms. The van der Waals surface area contributed by atoms with Gasteiger partial charge in [0.25, 0.3) is 0 Å². The first kappa shape index (κ1) is 20.8. The van der Waals surface area contributed by atoms with Gasteiger partial charge in [0.05, 0.1) is 17.8 Å². The minimum absolute atomic E-state index is 0.143. The molecular weight excluding hydrogens is 655 g/mol. The lowest BCUT2D eigenvalue weighted by Crippen LogP contribution is -2.10. The summed E-state index contributed by atoms with van der Waals surface area (Å²) in [6, 6.07) is 33.7. The van der Waals surface area contributed by atoms with Crippen molar-refractivity contribution in [2.24, 2.45) is 0 Å². The second-order valence-corrected chi connectivity index (χ2v) is 12.7. The molecule has 0 saturated heterocycles. The van der Waals surface area contributed by atoms with E-state index in [9.17, 15) is 5.48 Å². The van der Waals surface area contributed by atoms with Crippen LogP contribution in [0.4, 0.5) is 17.1 Å². The van der Waals surface area contributed by atoms with Gasteiger partial charge in [-0.1, -0.05) is 157 Å². The van der Waals surface area contributed by atoms with E-state index in [4.69, 9.17) is 16.8 Å². The van der Waals surface area contributed by atoms with Gasteiger partial charge in [0.2, 0.25) is 0 Å². The van der Waals surface area contributed by atoms with E-state index < -0.39 is 101 Å². The summed E-state index contributed by atoms with van der Waals surface area (Å²) in [4.78, 5) is 1.63. The molecule has 0 aliphatic rings. The Morgan fingerprint density at radius 2 is 0.944 bits per heavy atom. The van der Waals surface area contributed by atoms with Crippen LogP contribution in [0, 0.1) is 0 Å². The van der Waals surface area contributed by atoms with Gasteiger partial charge in [-0.25, -0.2) is 0 Å². The number of hydrogen-bond donors (Lipinski definition) is 0. The predicted molar refractivity (Wildman–Crippen MR) is 228 cm³/mol. The van der Waals surface area contributed by atoms with Crippen molar-refractivity contribution in [2.75, 3.05) is 4.90 Å². The predicted octanol–water partition coefficient (Wildman–Crippen LogP) is 14.9. The van der Waals surface area contributed by atoms with E-state index in [2.05, 4.69) is 0 Å². The second kappa shape index (κ2) is 13.4. The number of hydrogen-bond acceptors (Lipinski definition) is 2. The Balaban J connectivity index is 1.16. The minimum Gasteiger partial charge on any atom is -0.456 e. The van der Waals surface area contributed by atoms with Gasteiger partial charge in [-0.2, -0.15) is 0 Å². The van der Waals surface area contributed by atoms with Crippen LogP contribution in [0.5, 0.6) is 0 Å². The Hall–Kier alpha value is -7.16. The highest BCUT2D eigenvalue weighted by atomic mass is 16.3. The third-order valence-electron chi connectivity index (χ3n) is 9.50. The molecule has 1 aromatic heterocycles. The highest BCUT2D eigenvalue weighted by Gasteiger charge is 2.16. The van der Waals surface area contributed by atoms with Gasteiger partial charge in [0, 0.05) is 27.8 Å². The highest BCUT2D eigenvalue weighted by molar-refractivity contribution is 6.06. The lowest BCUT2D eigenvalue weighted by Gasteiger charge is -2.26. The quantitative estimate of drug-likeness (QED) is 0.164. The van der Waals surface area contributed by atoms with E-state index in [1.54, 1.807) is 11.0 Å². The van der Waals surface area contributed by atoms with Gasteiger partial charge in [0.15, 0.2) is 0 Å². The Kier molecular flexibility index (Phi) is 5.17. The van der Waals surface area contributed by atoms with Crippen molar-refractivity contribution in [3.63, 3.8) is 0 Å². The van der Waals surface area contributed by atoms with E-state index >= 15 is 0 Å². The smallest absolute Gasteiger partial charge is 0.135 e. The maximum absolute atomic E-state index is 9.57. The molecule has 10 rings (SSSR count). The first-order valence-electron chi connectivity index (χ1n) is 23.9. The average Bonchev–Trinajstić information content (AvgIpc) is 3.73. The molecule has 9 aromatic carbocycles. The molecule has 0 amide bonds. The third kappa shape index (κ3) is 5.81. The fourth-order valence-corrected chi connectivity index (χ4v) is 6.88. The van der Waals surface area contributed by atoms with Crippen LogP contribution >= 0.6 is 0 Å². The van der Waals surface area contributed by atoms with Crippen molar-refractivity contribution >= 4 is 49.8 Å². The monoisotopic (exact) mass is 702 g/mol. The second-order valence-electron chi connectivity index (χ2n) is 12.7. The molecule has 254 valence electrons. The van der Waals surface area contributed by atoms with Crippen LogP contribution in [0.1, 0.15) is 17.8 Å². The summed E-state index contributed by atoms with van der Waals surface area (Å²) in [7, 11) is 0. The lowest BCUT2D eigenvalue weighted by molar-refractivity contribution is 0.669. The van der Waals surface area contributed by atoms with Crippen molar-refractivity contribution in [3.8, 4) is 44.5 Å². The van der Waals surface area contributed by atoms with E-state index in [-0.39, 0.29) is 5.69 Å². The standard InChI is InChI=1S/C52H35NO/c1-2-10-36(11-3-1)37-20-22-38(23-21-37)39-24-29-44(30-25-39)53(45-31-26-41(27-32-45)48-18-9-13-40-12-4-5-16-47(40)48)46-15-8-14-42(34-46)43-28-33-52-50(35-43)49-17-6-7-19-51(49)54-52/h1-35H/i1D,2D,3D,10D,11D,20D,21D,22D,23D,24D,25D,29D,30D. The molecular formula is C52H35NO. The molecule has 1 heterocycles. The van der Waals surface area contributed by atoms with Crippen LogP contribution in [0.15, 0.2) is 216 Å². The number of rotatable bonds is 7. The van der Waals surface area contributed by atoms with Gasteiger partial charge in [-0.05, 0) is 110 Å². The van der Waals surface area contributed by atoms with Crippen LogP contribution in [0.25, 0.3) is 77.2 Å². The van der Waals surface area contributed by atoms with Gasteiger partial charge in [-0.15, -0.1) is 0 Å². The minimum atomic E-state index is -0.776. The molecule has 0 atom stereocenters. The molecule has 54 heavy (non-hydrogen) atoms. The molecule has 2 nitrogen and oxygen atoms in total. The summed E-state index contributed by atoms with van der Waals surface area (Å²) < 4.78 is 121. The molecule has 0 aliphatic heterocycles. The van der Waals surface area contributed by atoms with Crippen LogP contribution in [0.2, 0.25) is 0 Å². The number of anilines is 3. The molecule has 0 N–H and O–H groups in total. The third-order valence-corrected chi connectivity index (χ3v) is 9.50. The maximum Gasteiger partial charge on any atom is 0.135 e. The Morgan fingerprint density at radius 3 is 1.72 bits per heavy atom. The molecule has 2 heteroatoms. The van der Waals surface area contributed by atoms with E-state index in [0.29, 0.717) is 11.4 Å². The summed E-state index contributed by atoms with van der Waals surface area (Å²) in [5.74, 6) is 0. The Bertz CT molecular complexity index is 3610. The first-order valence-corrected chi connectivity index (χ1v) is 17.4. The molecule has 0 saturated carbocycles. The Morgan fingerprint density at radius 1 is 0.352 bits per heavy atom. The number of para-hydroxylation sites is 1. The fraction of sp³-hybridized carbons (Fsp3) is 0. The highest BCUT2D eigenvalue weighted by Crippen LogP contribution is 2.40. The van der Waals surface area contributed by atoms with Gasteiger partial charge in [0.1, 0.15) is 11.2 Å². The lowest BCUT2D eigenvalue weighted by atomic mass is 9.97. The van der Waals surface area contributed by atoms with Gasteiger partial charge in [-0.3, -0.25) is 0 Å². The topological polar surface area (TPSA) is 16.4 Å². The Labute approximate surface area is 333 Å². The zero-order valence-electron chi connectivity index (χ0n) is 41.6. The van der Waals surface area contributed by atoms with E-state index in [1.165, 1.54) is 0 Å². The van der Waals surface area contributed by atoms with Crippen LogP contribution in [-0.4, -0.2) is 0 Å². The number of fused-ring (bicyclic) bond motifs is 4. The van der Waals surface area contributed by atoms with Crippen molar-refractivity contribution in [3.05, 3.63) is 212 Å². The summed E-state index contributed by atoms with van der Waals surface area (Å²) >= 11 is 0. The summed E-state index contributed by atoms with van der Waals surface area (Å²) in [5.41, 5.74) is 3.75.